The van der Waals surface area contributed by atoms with Gasteiger partial charge in [0.2, 0.25) is 5.82 Å². The van der Waals surface area contributed by atoms with Crippen molar-refractivity contribution >= 4 is 17.7 Å². The number of amidine groups is 1. The molecule has 3 aromatic rings. The van der Waals surface area contributed by atoms with Crippen molar-refractivity contribution in [2.75, 3.05) is 5.32 Å². The van der Waals surface area contributed by atoms with Gasteiger partial charge in [0.05, 0.1) is 11.4 Å². The minimum atomic E-state index is -4.67. The van der Waals surface area contributed by atoms with E-state index in [9.17, 15) is 17.6 Å². The lowest BCUT2D eigenvalue weighted by Crippen LogP contribution is -2.14. The Kier molecular flexibility index (Phi) is 6.90. The van der Waals surface area contributed by atoms with Gasteiger partial charge < -0.3 is 21.4 Å². The standard InChI is InChI=1S/C22H21F4N7/c1-2-14(12(8-27)9-30-17-6-4-3-5-16(17)23)18-7-15(19(33-18)20(28)29)13-10-31-21(32-11-13)22(24,25)26/h3-11,14,27,30,33H,2H2,1H3,(H3,28,29)/b12-9+,27-8?. The number of hydrogen-bond acceptors (Lipinski definition) is 5. The summed E-state index contributed by atoms with van der Waals surface area (Å²) < 4.78 is 52.3. The fourth-order valence-corrected chi connectivity index (χ4v) is 3.33. The van der Waals surface area contributed by atoms with Crippen molar-refractivity contribution in [1.29, 1.82) is 10.8 Å². The van der Waals surface area contributed by atoms with E-state index >= 15 is 0 Å². The lowest BCUT2D eigenvalue weighted by Gasteiger charge is -2.15. The van der Waals surface area contributed by atoms with Crippen LogP contribution in [0.3, 0.4) is 0 Å². The fourth-order valence-electron chi connectivity index (χ4n) is 3.33. The van der Waals surface area contributed by atoms with Crippen molar-refractivity contribution in [2.45, 2.75) is 25.4 Å². The molecule has 2 heterocycles. The van der Waals surface area contributed by atoms with E-state index in [4.69, 9.17) is 16.6 Å². The summed E-state index contributed by atoms with van der Waals surface area (Å²) in [5, 5.41) is 18.5. The van der Waals surface area contributed by atoms with Gasteiger partial charge in [-0.1, -0.05) is 19.1 Å². The largest absolute Gasteiger partial charge is 0.451 e. The molecule has 1 unspecified atom stereocenters. The highest BCUT2D eigenvalue weighted by Gasteiger charge is 2.34. The molecule has 0 fully saturated rings. The van der Waals surface area contributed by atoms with Crippen LogP contribution in [-0.2, 0) is 6.18 Å². The number of H-pyrrole nitrogens is 1. The van der Waals surface area contributed by atoms with Crippen LogP contribution in [0.15, 0.2) is 54.5 Å². The van der Waals surface area contributed by atoms with Crippen molar-refractivity contribution in [2.24, 2.45) is 5.73 Å². The molecule has 3 rings (SSSR count). The summed E-state index contributed by atoms with van der Waals surface area (Å²) in [5.74, 6) is -2.42. The molecule has 33 heavy (non-hydrogen) atoms. The zero-order chi connectivity index (χ0) is 24.2. The molecule has 0 saturated heterocycles. The van der Waals surface area contributed by atoms with Gasteiger partial charge in [-0.3, -0.25) is 5.41 Å². The van der Waals surface area contributed by atoms with Crippen LogP contribution >= 0.6 is 0 Å². The van der Waals surface area contributed by atoms with Gasteiger partial charge in [-0.2, -0.15) is 13.2 Å². The topological polar surface area (TPSA) is 127 Å². The average Bonchev–Trinajstić information content (AvgIpc) is 3.22. The van der Waals surface area contributed by atoms with E-state index in [0.717, 1.165) is 18.6 Å². The number of para-hydroxylation sites is 1. The third-order valence-electron chi connectivity index (χ3n) is 4.95. The molecule has 6 N–H and O–H groups in total. The second kappa shape index (κ2) is 9.63. The number of nitrogens with one attached hydrogen (secondary N) is 4. The van der Waals surface area contributed by atoms with Crippen LogP contribution in [0.1, 0.15) is 36.5 Å². The first kappa shape index (κ1) is 23.6. The summed E-state index contributed by atoms with van der Waals surface area (Å²) in [6.07, 6.45) is 0.521. The highest BCUT2D eigenvalue weighted by Crippen LogP contribution is 2.33. The van der Waals surface area contributed by atoms with Crippen LogP contribution in [-0.4, -0.2) is 27.0 Å². The second-order valence-corrected chi connectivity index (χ2v) is 7.09. The first-order valence-electron chi connectivity index (χ1n) is 9.84. The van der Waals surface area contributed by atoms with Gasteiger partial charge in [0.1, 0.15) is 11.7 Å². The maximum absolute atomic E-state index is 13.9. The average molecular weight is 459 g/mol. The summed E-state index contributed by atoms with van der Waals surface area (Å²) in [7, 11) is 0. The van der Waals surface area contributed by atoms with E-state index in [1.807, 2.05) is 6.92 Å². The smallest absolute Gasteiger partial charge is 0.382 e. The Hall–Kier alpha value is -4.02. The van der Waals surface area contributed by atoms with Crippen LogP contribution < -0.4 is 11.1 Å². The van der Waals surface area contributed by atoms with Crippen molar-refractivity contribution in [3.63, 3.8) is 0 Å². The maximum Gasteiger partial charge on any atom is 0.451 e. The van der Waals surface area contributed by atoms with Crippen LogP contribution in [0, 0.1) is 16.6 Å². The molecule has 0 aliphatic heterocycles. The molecule has 1 aromatic carbocycles. The number of alkyl halides is 3. The second-order valence-electron chi connectivity index (χ2n) is 7.09. The summed E-state index contributed by atoms with van der Waals surface area (Å²) in [5.41, 5.74) is 7.80. The van der Waals surface area contributed by atoms with Crippen LogP contribution in [0.25, 0.3) is 11.1 Å². The van der Waals surface area contributed by atoms with E-state index in [0.29, 0.717) is 23.3 Å². The van der Waals surface area contributed by atoms with Crippen molar-refractivity contribution in [1.82, 2.24) is 15.0 Å². The van der Waals surface area contributed by atoms with Crippen molar-refractivity contribution in [3.8, 4) is 11.1 Å². The third-order valence-corrected chi connectivity index (χ3v) is 4.95. The van der Waals surface area contributed by atoms with E-state index in [2.05, 4.69) is 20.3 Å². The van der Waals surface area contributed by atoms with E-state index < -0.39 is 17.8 Å². The predicted molar refractivity (Wildman–Crippen MR) is 118 cm³/mol. The summed E-state index contributed by atoms with van der Waals surface area (Å²) in [6, 6.07) is 7.73. The SMILES string of the molecule is CCC(/C(C=N)=C/Nc1ccccc1F)c1cc(-c2cnc(C(F)(F)F)nc2)c(C(=N)N)[nH]1. The Labute approximate surface area is 186 Å². The number of nitrogens with two attached hydrogens (primary N) is 1. The summed E-state index contributed by atoms with van der Waals surface area (Å²) >= 11 is 0. The molecule has 0 saturated carbocycles. The molecule has 0 bridgehead atoms. The van der Waals surface area contributed by atoms with Gasteiger partial charge in [0.25, 0.3) is 0 Å². The normalized spacial score (nSPS) is 12.9. The highest BCUT2D eigenvalue weighted by atomic mass is 19.4. The molecular weight excluding hydrogens is 438 g/mol. The highest BCUT2D eigenvalue weighted by molar-refractivity contribution is 6.00. The molecule has 0 aliphatic rings. The minimum Gasteiger partial charge on any atom is -0.382 e. The van der Waals surface area contributed by atoms with Gasteiger partial charge in [-0.25, -0.2) is 14.4 Å². The van der Waals surface area contributed by atoms with Crippen LogP contribution in [0.5, 0.6) is 0 Å². The Morgan fingerprint density at radius 3 is 2.45 bits per heavy atom. The number of aromatic amines is 1. The van der Waals surface area contributed by atoms with Crippen LogP contribution in [0.2, 0.25) is 0 Å². The molecular formula is C22H21F4N7. The Morgan fingerprint density at radius 1 is 1.24 bits per heavy atom. The zero-order valence-electron chi connectivity index (χ0n) is 17.5. The van der Waals surface area contributed by atoms with Crippen molar-refractivity contribution in [3.05, 3.63) is 77.5 Å². The molecule has 11 heteroatoms. The number of benzene rings is 1. The number of nitrogen functional groups attached to an aromatic ring is 1. The Bertz CT molecular complexity index is 1180. The minimum absolute atomic E-state index is 0.193. The van der Waals surface area contributed by atoms with E-state index in [-0.39, 0.29) is 28.7 Å². The van der Waals surface area contributed by atoms with Crippen LogP contribution in [0.4, 0.5) is 23.2 Å². The quantitative estimate of drug-likeness (QED) is 0.183. The monoisotopic (exact) mass is 459 g/mol. The number of aromatic nitrogens is 3. The molecule has 2 aromatic heterocycles. The Morgan fingerprint density at radius 2 is 1.91 bits per heavy atom. The summed E-state index contributed by atoms with van der Waals surface area (Å²) in [6.45, 7) is 1.88. The molecule has 0 aliphatic carbocycles. The molecule has 0 amide bonds. The number of nitrogens with zero attached hydrogens (tertiary/aromatic N) is 2. The summed E-state index contributed by atoms with van der Waals surface area (Å²) in [4.78, 5) is 9.77. The van der Waals surface area contributed by atoms with Gasteiger partial charge in [-0.15, -0.1) is 0 Å². The number of rotatable bonds is 8. The first-order chi connectivity index (χ1) is 15.7. The fraction of sp³-hybridized carbons (Fsp3) is 0.182. The third kappa shape index (κ3) is 5.25. The molecule has 1 atom stereocenters. The number of allylic oxidation sites excluding steroid dienone is 1. The number of hydrogen-bond donors (Lipinski definition) is 5. The molecule has 7 nitrogen and oxygen atoms in total. The first-order valence-corrected chi connectivity index (χ1v) is 9.84. The molecule has 172 valence electrons. The predicted octanol–water partition coefficient (Wildman–Crippen LogP) is 5.05. The van der Waals surface area contributed by atoms with Gasteiger partial charge >= 0.3 is 6.18 Å². The molecule has 0 radical (unpaired) electrons. The lowest BCUT2D eigenvalue weighted by molar-refractivity contribution is -0.144. The lowest BCUT2D eigenvalue weighted by atomic mass is 9.93. The van der Waals surface area contributed by atoms with E-state index in [1.54, 1.807) is 24.3 Å². The van der Waals surface area contributed by atoms with Gasteiger partial charge in [-0.05, 0) is 30.2 Å². The van der Waals surface area contributed by atoms with E-state index in [1.165, 1.54) is 12.3 Å². The maximum atomic E-state index is 13.9. The zero-order valence-corrected chi connectivity index (χ0v) is 17.5. The number of halogens is 4. The van der Waals surface area contributed by atoms with Gasteiger partial charge in [0.15, 0.2) is 0 Å². The van der Waals surface area contributed by atoms with Gasteiger partial charge in [0, 0.05) is 47.5 Å². The number of anilines is 1. The molecule has 0 spiro atoms. The van der Waals surface area contributed by atoms with Crippen molar-refractivity contribution < 1.29 is 17.6 Å². The Balaban J connectivity index is 1.98.